The highest BCUT2D eigenvalue weighted by atomic mass is 31.1. The SMILES string of the molecule is CC(=O)CP=O. The Morgan fingerprint density at radius 2 is 2.33 bits per heavy atom. The van der Waals surface area contributed by atoms with Crippen molar-refractivity contribution < 1.29 is 9.36 Å². The molecule has 0 heterocycles. The lowest BCUT2D eigenvalue weighted by Crippen LogP contribution is -1.86. The molecule has 0 rings (SSSR count). The summed E-state index contributed by atoms with van der Waals surface area (Å²) in [7, 11) is -0.0756. The predicted molar refractivity (Wildman–Crippen MR) is 23.2 cm³/mol. The van der Waals surface area contributed by atoms with Crippen LogP contribution in [-0.2, 0) is 9.36 Å². The van der Waals surface area contributed by atoms with Crippen molar-refractivity contribution in [3.63, 3.8) is 0 Å². The number of ketones is 1. The van der Waals surface area contributed by atoms with Crippen LogP contribution in [0.5, 0.6) is 0 Å². The minimum absolute atomic E-state index is 0.0355. The van der Waals surface area contributed by atoms with Crippen molar-refractivity contribution in [1.82, 2.24) is 0 Å². The van der Waals surface area contributed by atoms with Crippen LogP contribution in [0.4, 0.5) is 0 Å². The van der Waals surface area contributed by atoms with E-state index in [0.29, 0.717) is 0 Å². The monoisotopic (exact) mass is 104 g/mol. The van der Waals surface area contributed by atoms with Crippen LogP contribution in [0.2, 0.25) is 0 Å². The zero-order valence-corrected chi connectivity index (χ0v) is 4.37. The molecular formula is C3H5O2P. The smallest absolute Gasteiger partial charge is 0.163 e. The average Bonchev–Trinajstić information content (AvgIpc) is 1.35. The number of carbonyl (C=O) groups excluding carboxylic acids is 1. The molecule has 0 aliphatic rings. The van der Waals surface area contributed by atoms with Gasteiger partial charge in [0.1, 0.15) is 5.78 Å². The van der Waals surface area contributed by atoms with E-state index in [9.17, 15) is 9.36 Å². The van der Waals surface area contributed by atoms with E-state index in [1.165, 1.54) is 6.92 Å². The van der Waals surface area contributed by atoms with Gasteiger partial charge in [-0.15, -0.1) is 0 Å². The summed E-state index contributed by atoms with van der Waals surface area (Å²) < 4.78 is 9.49. The molecule has 0 saturated carbocycles. The standard InChI is InChI=1S/C3H5O2P/c1-3(4)2-6-5/h2H2,1H3. The number of hydrogen-bond acceptors (Lipinski definition) is 2. The Balaban J connectivity index is 3.05. The van der Waals surface area contributed by atoms with Crippen LogP contribution in [0.25, 0.3) is 0 Å². The van der Waals surface area contributed by atoms with Crippen molar-refractivity contribution in [2.75, 3.05) is 6.16 Å². The first kappa shape index (κ1) is 5.77. The van der Waals surface area contributed by atoms with Crippen LogP contribution in [0, 0.1) is 0 Å². The van der Waals surface area contributed by atoms with Crippen molar-refractivity contribution in [3.05, 3.63) is 0 Å². The Bertz CT molecular complexity index is 69.2. The number of carbonyl (C=O) groups is 1. The highest BCUT2D eigenvalue weighted by Gasteiger charge is 1.85. The first-order chi connectivity index (χ1) is 2.77. The highest BCUT2D eigenvalue weighted by Crippen LogP contribution is 1.87. The molecule has 0 amide bonds. The Kier molecular flexibility index (Phi) is 2.87. The molecule has 0 aliphatic heterocycles. The van der Waals surface area contributed by atoms with Gasteiger partial charge in [-0.25, -0.2) is 0 Å². The third-order valence-corrected chi connectivity index (χ3v) is 0.862. The molecule has 0 atom stereocenters. The van der Waals surface area contributed by atoms with E-state index in [1.807, 2.05) is 0 Å². The Morgan fingerprint density at radius 1 is 1.83 bits per heavy atom. The Morgan fingerprint density at radius 3 is 2.33 bits per heavy atom. The predicted octanol–water partition coefficient (Wildman–Crippen LogP) is 0.867. The van der Waals surface area contributed by atoms with Gasteiger partial charge in [0.25, 0.3) is 0 Å². The molecule has 34 valence electrons. The minimum atomic E-state index is -0.0756. The molecule has 0 aromatic rings. The fourth-order valence-corrected chi connectivity index (χ4v) is 0.273. The van der Waals surface area contributed by atoms with E-state index in [2.05, 4.69) is 0 Å². The van der Waals surface area contributed by atoms with Crippen LogP contribution in [-0.4, -0.2) is 11.9 Å². The normalized spacial score (nSPS) is 8.83. The zero-order valence-electron chi connectivity index (χ0n) is 3.47. The molecule has 0 fully saturated rings. The van der Waals surface area contributed by atoms with E-state index in [1.54, 1.807) is 0 Å². The summed E-state index contributed by atoms with van der Waals surface area (Å²) in [6, 6.07) is 0. The molecule has 0 aliphatic carbocycles. The summed E-state index contributed by atoms with van der Waals surface area (Å²) in [4.78, 5) is 9.84. The summed E-state index contributed by atoms with van der Waals surface area (Å²) in [5, 5.41) is 0. The highest BCUT2D eigenvalue weighted by molar-refractivity contribution is 7.25. The second-order valence-electron chi connectivity index (χ2n) is 0.989. The topological polar surface area (TPSA) is 34.1 Å². The maximum Gasteiger partial charge on any atom is 0.163 e. The van der Waals surface area contributed by atoms with Crippen LogP contribution in [0.15, 0.2) is 0 Å². The summed E-state index contributed by atoms with van der Waals surface area (Å²) in [5.41, 5.74) is 0. The molecule has 0 spiro atoms. The molecule has 0 saturated heterocycles. The largest absolute Gasteiger partial charge is 0.299 e. The molecule has 0 N–H and O–H groups in total. The van der Waals surface area contributed by atoms with Crippen LogP contribution < -0.4 is 0 Å². The van der Waals surface area contributed by atoms with Gasteiger partial charge in [0.2, 0.25) is 0 Å². The molecule has 0 unspecified atom stereocenters. The summed E-state index contributed by atoms with van der Waals surface area (Å²) in [5.74, 6) is -0.0355. The molecule has 0 bridgehead atoms. The molecule has 0 aromatic heterocycles. The second-order valence-corrected chi connectivity index (χ2v) is 1.56. The molecule has 2 nitrogen and oxygen atoms in total. The quantitative estimate of drug-likeness (QED) is 0.487. The summed E-state index contributed by atoms with van der Waals surface area (Å²) in [6.45, 7) is 1.41. The third kappa shape index (κ3) is 3.77. The maximum absolute atomic E-state index is 9.84. The van der Waals surface area contributed by atoms with Crippen molar-refractivity contribution in [1.29, 1.82) is 0 Å². The van der Waals surface area contributed by atoms with Gasteiger partial charge in [0.15, 0.2) is 8.46 Å². The van der Waals surface area contributed by atoms with Crippen molar-refractivity contribution >= 4 is 14.2 Å². The molecular weight excluding hydrogens is 99.0 g/mol. The maximum atomic E-state index is 9.84. The van der Waals surface area contributed by atoms with Gasteiger partial charge in [-0.05, 0) is 6.92 Å². The van der Waals surface area contributed by atoms with Gasteiger partial charge in [0, 0.05) is 0 Å². The van der Waals surface area contributed by atoms with E-state index < -0.39 is 0 Å². The van der Waals surface area contributed by atoms with E-state index in [0.717, 1.165) is 0 Å². The lowest BCUT2D eigenvalue weighted by atomic mass is 10.5. The fraction of sp³-hybridized carbons (Fsp3) is 0.667. The Labute approximate surface area is 37.8 Å². The van der Waals surface area contributed by atoms with Gasteiger partial charge in [-0.2, -0.15) is 0 Å². The fourth-order valence-electron chi connectivity index (χ4n) is 0.0909. The van der Waals surface area contributed by atoms with E-state index in [4.69, 9.17) is 0 Å². The third-order valence-electron chi connectivity index (χ3n) is 0.287. The van der Waals surface area contributed by atoms with Crippen LogP contribution in [0.3, 0.4) is 0 Å². The zero-order chi connectivity index (χ0) is 4.99. The second kappa shape index (κ2) is 2.98. The van der Waals surface area contributed by atoms with Gasteiger partial charge in [-0.1, -0.05) is 0 Å². The molecule has 0 radical (unpaired) electrons. The van der Waals surface area contributed by atoms with Gasteiger partial charge >= 0.3 is 0 Å². The van der Waals surface area contributed by atoms with Gasteiger partial charge < -0.3 is 0 Å². The van der Waals surface area contributed by atoms with Crippen LogP contribution >= 0.6 is 8.46 Å². The van der Waals surface area contributed by atoms with Crippen molar-refractivity contribution in [2.24, 2.45) is 0 Å². The lowest BCUT2D eigenvalue weighted by molar-refractivity contribution is -0.114. The molecule has 0 aromatic carbocycles. The molecule has 3 heteroatoms. The van der Waals surface area contributed by atoms with Gasteiger partial charge in [-0.3, -0.25) is 9.36 Å². The van der Waals surface area contributed by atoms with E-state index in [-0.39, 0.29) is 20.4 Å². The van der Waals surface area contributed by atoms with E-state index >= 15 is 0 Å². The first-order valence-corrected chi connectivity index (χ1v) is 2.55. The van der Waals surface area contributed by atoms with Gasteiger partial charge in [0.05, 0.1) is 6.16 Å². The minimum Gasteiger partial charge on any atom is -0.299 e. The number of hydrogen-bond donors (Lipinski definition) is 0. The Hall–Kier alpha value is -0.230. The number of rotatable bonds is 2. The lowest BCUT2D eigenvalue weighted by Gasteiger charge is -1.70. The summed E-state index contributed by atoms with van der Waals surface area (Å²) in [6.07, 6.45) is 0.153. The number of Topliss-reactive ketones (excluding diaryl/α,β-unsaturated/α-hetero) is 1. The van der Waals surface area contributed by atoms with Crippen molar-refractivity contribution in [3.8, 4) is 0 Å². The first-order valence-electron chi connectivity index (χ1n) is 1.56. The van der Waals surface area contributed by atoms with Crippen molar-refractivity contribution in [2.45, 2.75) is 6.92 Å². The molecule has 6 heavy (non-hydrogen) atoms. The van der Waals surface area contributed by atoms with Crippen LogP contribution in [0.1, 0.15) is 6.92 Å². The average molecular weight is 104 g/mol. The summed E-state index contributed by atoms with van der Waals surface area (Å²) >= 11 is 0.